The predicted octanol–water partition coefficient (Wildman–Crippen LogP) is 3.25. The molecule has 2 unspecified atom stereocenters. The summed E-state index contributed by atoms with van der Waals surface area (Å²) < 4.78 is 0. The van der Waals surface area contributed by atoms with E-state index >= 15 is 0 Å². The molecule has 1 heterocycles. The second-order valence-corrected chi connectivity index (χ2v) is 7.77. The normalized spacial score (nSPS) is 23.5. The summed E-state index contributed by atoms with van der Waals surface area (Å²) in [4.78, 5) is 14.3. The number of β-amino-alcohol motifs (C(OH)–C–C–N with tert-alkyl or cyclic N) is 1. The van der Waals surface area contributed by atoms with Crippen molar-refractivity contribution in [2.45, 2.75) is 52.7 Å². The summed E-state index contributed by atoms with van der Waals surface area (Å²) in [6.07, 6.45) is 0.630. The summed E-state index contributed by atoms with van der Waals surface area (Å²) in [6.45, 7) is 11.2. The lowest BCUT2D eigenvalue weighted by Gasteiger charge is -2.34. The molecule has 1 aliphatic heterocycles. The molecule has 4 heteroatoms. The fraction of sp³-hybridized carbons (Fsp3) is 0.611. The van der Waals surface area contributed by atoms with Gasteiger partial charge in [-0.2, -0.15) is 0 Å². The third-order valence-electron chi connectivity index (χ3n) is 4.37. The molecule has 22 heavy (non-hydrogen) atoms. The molecule has 0 saturated carbocycles. The Hall–Kier alpha value is -1.55. The number of nitrogens with zero attached hydrogens (tertiary/aromatic N) is 1. The first-order valence-corrected chi connectivity index (χ1v) is 7.93. The molecule has 2 amide bonds. The smallest absolute Gasteiger partial charge is 0.317 e. The van der Waals surface area contributed by atoms with Crippen molar-refractivity contribution in [3.05, 3.63) is 35.4 Å². The van der Waals surface area contributed by atoms with Gasteiger partial charge < -0.3 is 15.3 Å². The van der Waals surface area contributed by atoms with Crippen LogP contribution in [0.1, 0.15) is 51.3 Å². The van der Waals surface area contributed by atoms with Crippen molar-refractivity contribution in [3.63, 3.8) is 0 Å². The van der Waals surface area contributed by atoms with E-state index in [0.717, 1.165) is 5.56 Å². The second-order valence-electron chi connectivity index (χ2n) is 7.77. The summed E-state index contributed by atoms with van der Waals surface area (Å²) >= 11 is 0. The van der Waals surface area contributed by atoms with Gasteiger partial charge in [0.05, 0.1) is 18.2 Å². The van der Waals surface area contributed by atoms with Crippen molar-refractivity contribution in [1.82, 2.24) is 10.2 Å². The Morgan fingerprint density at radius 2 is 2.00 bits per heavy atom. The average Bonchev–Trinajstić information content (AvgIpc) is 2.76. The molecule has 122 valence electrons. The van der Waals surface area contributed by atoms with Crippen LogP contribution in [0.4, 0.5) is 4.79 Å². The van der Waals surface area contributed by atoms with E-state index in [1.807, 2.05) is 12.1 Å². The largest absolute Gasteiger partial charge is 0.388 e. The fourth-order valence-electron chi connectivity index (χ4n) is 3.00. The molecule has 2 N–H and O–H groups in total. The lowest BCUT2D eigenvalue weighted by atomic mass is 9.81. The van der Waals surface area contributed by atoms with E-state index in [1.165, 1.54) is 5.56 Å². The molecule has 1 fully saturated rings. The number of aliphatic hydroxyl groups is 1. The first kappa shape index (κ1) is 16.8. The molecule has 1 aliphatic rings. The van der Waals surface area contributed by atoms with Crippen LogP contribution in [0.3, 0.4) is 0 Å². The van der Waals surface area contributed by atoms with Crippen LogP contribution in [0, 0.1) is 12.3 Å². The molecule has 4 nitrogen and oxygen atoms in total. The Labute approximate surface area is 133 Å². The van der Waals surface area contributed by atoms with Gasteiger partial charge in [0.25, 0.3) is 0 Å². The van der Waals surface area contributed by atoms with Crippen molar-refractivity contribution in [3.8, 4) is 0 Å². The maximum absolute atomic E-state index is 12.6. The molecule has 1 aromatic rings. The number of likely N-dealkylation sites (tertiary alicyclic amines) is 1. The van der Waals surface area contributed by atoms with Crippen LogP contribution < -0.4 is 5.32 Å². The maximum Gasteiger partial charge on any atom is 0.317 e. The van der Waals surface area contributed by atoms with E-state index < -0.39 is 5.60 Å². The molecule has 0 radical (unpaired) electrons. The maximum atomic E-state index is 12.6. The Balaban J connectivity index is 2.19. The highest BCUT2D eigenvalue weighted by Gasteiger charge is 2.36. The standard InChI is InChI=1S/C18H28N2O2/c1-13-8-6-7-9-14(13)15(17(2,3)4)19-16(21)20-11-10-18(5,22)12-20/h6-9,15,22H,10-12H2,1-5H3,(H,19,21). The molecule has 2 rings (SSSR count). The van der Waals surface area contributed by atoms with E-state index in [0.29, 0.717) is 19.5 Å². The van der Waals surface area contributed by atoms with Crippen LogP contribution >= 0.6 is 0 Å². The SMILES string of the molecule is Cc1ccccc1C(NC(=O)N1CCC(C)(O)C1)C(C)(C)C. The summed E-state index contributed by atoms with van der Waals surface area (Å²) in [7, 11) is 0. The number of amides is 2. The van der Waals surface area contributed by atoms with Gasteiger partial charge in [0, 0.05) is 6.54 Å². The molecule has 0 aliphatic carbocycles. The summed E-state index contributed by atoms with van der Waals surface area (Å²) in [5, 5.41) is 13.2. The Morgan fingerprint density at radius 3 is 2.50 bits per heavy atom. The molecule has 0 spiro atoms. The zero-order valence-electron chi connectivity index (χ0n) is 14.3. The first-order chi connectivity index (χ1) is 10.1. The van der Waals surface area contributed by atoms with E-state index in [9.17, 15) is 9.90 Å². The number of hydrogen-bond donors (Lipinski definition) is 2. The summed E-state index contributed by atoms with van der Waals surface area (Å²) in [6, 6.07) is 8.01. The number of aryl methyl sites for hydroxylation is 1. The van der Waals surface area contributed by atoms with E-state index in [4.69, 9.17) is 0 Å². The van der Waals surface area contributed by atoms with Gasteiger partial charge in [0.1, 0.15) is 0 Å². The van der Waals surface area contributed by atoms with Gasteiger partial charge in [-0.3, -0.25) is 0 Å². The van der Waals surface area contributed by atoms with Crippen LogP contribution in [0.2, 0.25) is 0 Å². The Kier molecular flexibility index (Phi) is 4.52. The summed E-state index contributed by atoms with van der Waals surface area (Å²) in [5.41, 5.74) is 1.46. The lowest BCUT2D eigenvalue weighted by Crippen LogP contribution is -2.45. The van der Waals surface area contributed by atoms with Gasteiger partial charge in [-0.25, -0.2) is 4.79 Å². The highest BCUT2D eigenvalue weighted by Crippen LogP contribution is 2.34. The van der Waals surface area contributed by atoms with Gasteiger partial charge in [0.15, 0.2) is 0 Å². The third kappa shape index (κ3) is 3.80. The Morgan fingerprint density at radius 1 is 1.36 bits per heavy atom. The van der Waals surface area contributed by atoms with Crippen molar-refractivity contribution < 1.29 is 9.90 Å². The third-order valence-corrected chi connectivity index (χ3v) is 4.37. The van der Waals surface area contributed by atoms with Crippen LogP contribution in [0.25, 0.3) is 0 Å². The number of nitrogens with one attached hydrogen (secondary N) is 1. The molecular formula is C18H28N2O2. The molecule has 1 aromatic carbocycles. The first-order valence-electron chi connectivity index (χ1n) is 7.93. The quantitative estimate of drug-likeness (QED) is 0.881. The lowest BCUT2D eigenvalue weighted by molar-refractivity contribution is 0.0713. The Bertz CT molecular complexity index is 546. The fourth-order valence-corrected chi connectivity index (χ4v) is 3.00. The van der Waals surface area contributed by atoms with Crippen LogP contribution in [0.15, 0.2) is 24.3 Å². The number of rotatable bonds is 2. The van der Waals surface area contributed by atoms with Crippen molar-refractivity contribution in [2.24, 2.45) is 5.41 Å². The second kappa shape index (κ2) is 5.92. The van der Waals surface area contributed by atoms with Crippen molar-refractivity contribution in [2.75, 3.05) is 13.1 Å². The van der Waals surface area contributed by atoms with Crippen LogP contribution in [-0.4, -0.2) is 34.7 Å². The molecule has 0 aromatic heterocycles. The summed E-state index contributed by atoms with van der Waals surface area (Å²) in [5.74, 6) is 0. The minimum atomic E-state index is -0.767. The zero-order chi connectivity index (χ0) is 16.5. The van der Waals surface area contributed by atoms with Gasteiger partial charge in [-0.15, -0.1) is 0 Å². The molecule has 2 atom stereocenters. The monoisotopic (exact) mass is 304 g/mol. The highest BCUT2D eigenvalue weighted by atomic mass is 16.3. The number of urea groups is 1. The van der Waals surface area contributed by atoms with Gasteiger partial charge in [0.2, 0.25) is 0 Å². The average molecular weight is 304 g/mol. The molecule has 0 bridgehead atoms. The predicted molar refractivity (Wildman–Crippen MR) is 88.7 cm³/mol. The van der Waals surface area contributed by atoms with Crippen molar-refractivity contribution >= 4 is 6.03 Å². The highest BCUT2D eigenvalue weighted by molar-refractivity contribution is 5.75. The zero-order valence-corrected chi connectivity index (χ0v) is 14.3. The topological polar surface area (TPSA) is 52.6 Å². The number of carbonyl (C=O) groups is 1. The molecule has 1 saturated heterocycles. The van der Waals surface area contributed by atoms with Gasteiger partial charge >= 0.3 is 6.03 Å². The van der Waals surface area contributed by atoms with Crippen LogP contribution in [-0.2, 0) is 0 Å². The number of benzene rings is 1. The number of carbonyl (C=O) groups excluding carboxylic acids is 1. The minimum absolute atomic E-state index is 0.0632. The van der Waals surface area contributed by atoms with Crippen LogP contribution in [0.5, 0.6) is 0 Å². The van der Waals surface area contributed by atoms with E-state index in [2.05, 4.69) is 45.1 Å². The van der Waals surface area contributed by atoms with Gasteiger partial charge in [-0.1, -0.05) is 45.0 Å². The van der Waals surface area contributed by atoms with E-state index in [-0.39, 0.29) is 17.5 Å². The van der Waals surface area contributed by atoms with Gasteiger partial charge in [-0.05, 0) is 36.8 Å². The van der Waals surface area contributed by atoms with Crippen molar-refractivity contribution in [1.29, 1.82) is 0 Å². The molecular weight excluding hydrogens is 276 g/mol. The number of hydrogen-bond acceptors (Lipinski definition) is 2. The van der Waals surface area contributed by atoms with E-state index in [1.54, 1.807) is 11.8 Å². The minimum Gasteiger partial charge on any atom is -0.388 e.